The largest absolute Gasteiger partial charge is 0.494 e. The Bertz CT molecular complexity index is 2020. The third-order valence-corrected chi connectivity index (χ3v) is 13.6. The first-order chi connectivity index (χ1) is 26.2. The number of pyridine rings is 1. The molecule has 18 heteroatoms. The van der Waals surface area contributed by atoms with Gasteiger partial charge >= 0.3 is 12.3 Å². The molecule has 6 atom stereocenters. The number of hydrogen-bond acceptors (Lipinski definition) is 10. The lowest BCUT2D eigenvalue weighted by molar-refractivity contribution is -0.244. The first kappa shape index (κ1) is 41.0. The molecule has 2 aliphatic heterocycles. The molecular weight excluding hydrogens is 760 g/mol. The van der Waals surface area contributed by atoms with Crippen LogP contribution in [0.2, 0.25) is 0 Å². The number of alkyl carbamates (subject to hydrolysis) is 1. The molecule has 4 aliphatic rings. The molecule has 2 saturated carbocycles. The zero-order valence-corrected chi connectivity index (χ0v) is 32.7. The first-order valence-corrected chi connectivity index (χ1v) is 20.2. The fourth-order valence-electron chi connectivity index (χ4n) is 7.22. The lowest BCUT2D eigenvalue weighted by Crippen LogP contribution is -2.59. The molecule has 0 bridgehead atoms. The maximum absolute atomic E-state index is 14.6. The molecule has 3 N–H and O–H groups in total. The second-order valence-corrected chi connectivity index (χ2v) is 18.2. The van der Waals surface area contributed by atoms with E-state index in [0.717, 1.165) is 0 Å². The van der Waals surface area contributed by atoms with Gasteiger partial charge in [-0.25, -0.2) is 18.2 Å². The Morgan fingerprint density at radius 1 is 1.09 bits per heavy atom. The zero-order chi connectivity index (χ0) is 40.8. The average Bonchev–Trinajstić information content (AvgIpc) is 4.01. The minimum atomic E-state index is -4.91. The minimum Gasteiger partial charge on any atom is -0.494 e. The van der Waals surface area contributed by atoms with Crippen molar-refractivity contribution in [2.45, 2.75) is 119 Å². The van der Waals surface area contributed by atoms with Crippen molar-refractivity contribution >= 4 is 44.6 Å². The highest BCUT2D eigenvalue weighted by Gasteiger charge is 2.63. The van der Waals surface area contributed by atoms with Crippen LogP contribution in [-0.4, -0.2) is 96.0 Å². The maximum atomic E-state index is 14.6. The highest BCUT2D eigenvalue weighted by Crippen LogP contribution is 2.47. The number of carbonyl (C=O) groups is 4. The minimum absolute atomic E-state index is 0.109. The number of carbonyl (C=O) groups excluding carboxylic acids is 4. The number of benzene rings is 1. The summed E-state index contributed by atoms with van der Waals surface area (Å²) < 4.78 is 84.9. The first-order valence-electron chi connectivity index (χ1n) is 18.7. The van der Waals surface area contributed by atoms with Gasteiger partial charge in [0, 0.05) is 23.1 Å². The van der Waals surface area contributed by atoms with E-state index in [2.05, 4.69) is 20.3 Å². The Balaban J connectivity index is 1.34. The van der Waals surface area contributed by atoms with Crippen molar-refractivity contribution in [2.24, 2.45) is 11.8 Å². The summed E-state index contributed by atoms with van der Waals surface area (Å²) in [5, 5.41) is 6.42. The van der Waals surface area contributed by atoms with Gasteiger partial charge in [-0.05, 0) is 71.3 Å². The predicted octanol–water partition coefficient (Wildman–Crippen LogP) is 4.67. The number of sulfonamides is 1. The molecule has 3 fully saturated rings. The SMILES string of the molecule is COc1cnc(OC2CC3C(=O)NC4(C(=O)NS(=O)(=O)C5(C)CC5)CC4C=CCCCCC(C)C(NC(=O)OC(C)(C)C(F)(F)F)C(=O)N3C2)c2ccccc12. The van der Waals surface area contributed by atoms with Crippen molar-refractivity contribution in [3.63, 3.8) is 0 Å². The molecule has 6 unspecified atom stereocenters. The van der Waals surface area contributed by atoms with E-state index in [1.807, 2.05) is 18.2 Å². The molecule has 6 rings (SSSR count). The number of rotatable bonds is 8. The molecule has 4 amide bonds. The average molecular weight is 808 g/mol. The summed E-state index contributed by atoms with van der Waals surface area (Å²) in [7, 11) is -2.57. The Hall–Kier alpha value is -4.61. The van der Waals surface area contributed by atoms with Crippen LogP contribution in [0.15, 0.2) is 42.6 Å². The van der Waals surface area contributed by atoms with Gasteiger partial charge in [0.1, 0.15) is 29.5 Å². The van der Waals surface area contributed by atoms with Crippen LogP contribution in [0.1, 0.15) is 79.1 Å². The van der Waals surface area contributed by atoms with Crippen LogP contribution in [-0.2, 0) is 29.1 Å². The molecule has 3 heterocycles. The van der Waals surface area contributed by atoms with Crippen LogP contribution in [0.5, 0.6) is 11.6 Å². The lowest BCUT2D eigenvalue weighted by atomic mass is 9.93. The fraction of sp³-hybridized carbons (Fsp3) is 0.605. The van der Waals surface area contributed by atoms with Gasteiger partial charge in [0.2, 0.25) is 33.3 Å². The van der Waals surface area contributed by atoms with E-state index in [-0.39, 0.29) is 25.3 Å². The molecular formula is C38H48F3N5O9S. The number of ether oxygens (including phenoxy) is 3. The van der Waals surface area contributed by atoms with Crippen LogP contribution in [0.4, 0.5) is 18.0 Å². The summed E-state index contributed by atoms with van der Waals surface area (Å²) in [5.74, 6) is -2.93. The summed E-state index contributed by atoms with van der Waals surface area (Å²) in [5.41, 5.74) is -4.51. The highest BCUT2D eigenvalue weighted by molar-refractivity contribution is 7.91. The smallest absolute Gasteiger partial charge is 0.427 e. The number of amides is 4. The molecule has 0 radical (unpaired) electrons. The number of nitrogens with one attached hydrogen (secondary N) is 3. The number of allylic oxidation sites excluding steroid dienone is 1. The Labute approximate surface area is 323 Å². The van der Waals surface area contributed by atoms with Crippen molar-refractivity contribution in [1.82, 2.24) is 25.2 Å². The molecule has 2 aliphatic carbocycles. The molecule has 306 valence electrons. The van der Waals surface area contributed by atoms with E-state index >= 15 is 0 Å². The second-order valence-electron chi connectivity index (χ2n) is 16.0. The number of halogens is 3. The van der Waals surface area contributed by atoms with Crippen molar-refractivity contribution in [1.29, 1.82) is 0 Å². The van der Waals surface area contributed by atoms with Crippen LogP contribution in [0, 0.1) is 11.8 Å². The van der Waals surface area contributed by atoms with E-state index in [1.165, 1.54) is 25.1 Å². The van der Waals surface area contributed by atoms with Crippen LogP contribution < -0.4 is 24.8 Å². The molecule has 56 heavy (non-hydrogen) atoms. The summed E-state index contributed by atoms with van der Waals surface area (Å²) in [6, 6.07) is 4.43. The normalized spacial score (nSPS) is 28.1. The van der Waals surface area contributed by atoms with Gasteiger partial charge in [-0.3, -0.25) is 19.1 Å². The monoisotopic (exact) mass is 807 g/mol. The fourth-order valence-corrected chi connectivity index (χ4v) is 8.54. The number of alkyl halides is 3. The predicted molar refractivity (Wildman–Crippen MR) is 197 cm³/mol. The Morgan fingerprint density at radius 3 is 2.45 bits per heavy atom. The summed E-state index contributed by atoms with van der Waals surface area (Å²) in [6.45, 7) is 4.38. The van der Waals surface area contributed by atoms with Crippen molar-refractivity contribution in [3.05, 3.63) is 42.6 Å². The van der Waals surface area contributed by atoms with Crippen molar-refractivity contribution in [3.8, 4) is 11.6 Å². The Kier molecular flexibility index (Phi) is 11.0. The number of methoxy groups -OCH3 is 1. The van der Waals surface area contributed by atoms with Gasteiger partial charge in [-0.2, -0.15) is 13.2 Å². The topological polar surface area (TPSA) is 182 Å². The molecule has 2 aromatic rings. The van der Waals surface area contributed by atoms with Crippen LogP contribution in [0.25, 0.3) is 10.8 Å². The summed E-state index contributed by atoms with van der Waals surface area (Å²) in [6.07, 6.45) is 0.753. The molecule has 0 spiro atoms. The molecule has 1 aromatic carbocycles. The van der Waals surface area contributed by atoms with Crippen LogP contribution >= 0.6 is 0 Å². The quantitative estimate of drug-likeness (QED) is 0.317. The highest BCUT2D eigenvalue weighted by atomic mass is 32.2. The van der Waals surface area contributed by atoms with E-state index in [4.69, 9.17) is 14.2 Å². The second kappa shape index (κ2) is 15.0. The number of aromatic nitrogens is 1. The van der Waals surface area contributed by atoms with Gasteiger partial charge in [-0.1, -0.05) is 43.7 Å². The number of nitrogens with zero attached hydrogens (tertiary/aromatic N) is 2. The van der Waals surface area contributed by atoms with Crippen LogP contribution in [0.3, 0.4) is 0 Å². The van der Waals surface area contributed by atoms with Gasteiger partial charge < -0.3 is 29.7 Å². The molecule has 1 saturated heterocycles. The van der Waals surface area contributed by atoms with Gasteiger partial charge in [0.15, 0.2) is 0 Å². The molecule has 1 aromatic heterocycles. The van der Waals surface area contributed by atoms with E-state index in [0.29, 0.717) is 68.9 Å². The third kappa shape index (κ3) is 8.11. The lowest BCUT2D eigenvalue weighted by Gasteiger charge is -2.33. The summed E-state index contributed by atoms with van der Waals surface area (Å²) >= 11 is 0. The van der Waals surface area contributed by atoms with E-state index in [9.17, 15) is 40.8 Å². The standard InChI is InChI=1S/C38H48F3N5O9S/c1-22-12-8-6-7-9-13-23-19-37(23,33(49)45-56(51,52)36(4)16-17-36)44-30(47)27-18-24(54-31-26-15-11-10-14-25(26)28(53-5)20-42-31)21-46(27)32(48)29(22)43-34(50)55-35(2,3)38(39,40)41/h9-11,13-15,20,22-24,27,29H,6-8,12,16-19,21H2,1-5H3,(H,43,50)(H,44,47)(H,45,49). The zero-order valence-electron chi connectivity index (χ0n) is 31.9. The van der Waals surface area contributed by atoms with E-state index < -0.39 is 85.9 Å². The van der Waals surface area contributed by atoms with Crippen molar-refractivity contribution < 1.29 is 55.0 Å². The maximum Gasteiger partial charge on any atom is 0.427 e. The van der Waals surface area contributed by atoms with Crippen molar-refractivity contribution in [2.75, 3.05) is 13.7 Å². The van der Waals surface area contributed by atoms with Gasteiger partial charge in [0.25, 0.3) is 5.91 Å². The van der Waals surface area contributed by atoms with Gasteiger partial charge in [0.05, 0.1) is 24.6 Å². The number of hydrogen-bond donors (Lipinski definition) is 3. The Morgan fingerprint density at radius 2 is 1.79 bits per heavy atom. The van der Waals surface area contributed by atoms with E-state index in [1.54, 1.807) is 25.1 Å². The molecule has 14 nitrogen and oxygen atoms in total. The number of fused-ring (bicyclic) bond motifs is 3. The third-order valence-electron chi connectivity index (χ3n) is 11.5. The summed E-state index contributed by atoms with van der Waals surface area (Å²) in [4.78, 5) is 61.5. The van der Waals surface area contributed by atoms with Gasteiger partial charge in [-0.15, -0.1) is 0 Å².